The normalized spacial score (nSPS) is 13.4. The van der Waals surface area contributed by atoms with Crippen molar-refractivity contribution in [1.82, 2.24) is 5.32 Å². The molecule has 1 aromatic rings. The Balaban J connectivity index is 2.34. The van der Waals surface area contributed by atoms with Gasteiger partial charge in [0, 0.05) is 11.6 Å². The lowest BCUT2D eigenvalue weighted by Crippen LogP contribution is -2.39. The highest BCUT2D eigenvalue weighted by molar-refractivity contribution is 6.36. The van der Waals surface area contributed by atoms with Crippen LogP contribution < -0.4 is 10.2 Å². The molecule has 0 aliphatic carbocycles. The van der Waals surface area contributed by atoms with Gasteiger partial charge in [-0.1, -0.05) is 29.1 Å². The Labute approximate surface area is 117 Å². The summed E-state index contributed by atoms with van der Waals surface area (Å²) in [5.74, 6) is 6.72. The van der Waals surface area contributed by atoms with E-state index in [1.54, 1.807) is 6.07 Å². The van der Waals surface area contributed by atoms with Gasteiger partial charge in [0.25, 0.3) is 0 Å². The summed E-state index contributed by atoms with van der Waals surface area (Å²) >= 11 is 12.1. The van der Waals surface area contributed by atoms with Gasteiger partial charge in [-0.05, 0) is 25.1 Å². The number of nitrogens with one attached hydrogen (secondary N) is 1. The Morgan fingerprint density at radius 2 is 2.28 bits per heavy atom. The van der Waals surface area contributed by atoms with Gasteiger partial charge in [-0.2, -0.15) is 0 Å². The van der Waals surface area contributed by atoms with E-state index < -0.39 is 0 Å². The highest BCUT2D eigenvalue weighted by atomic mass is 35.5. The van der Waals surface area contributed by atoms with Crippen molar-refractivity contribution in [3.05, 3.63) is 28.2 Å². The Morgan fingerprint density at radius 1 is 1.44 bits per heavy atom. The van der Waals surface area contributed by atoms with Crippen LogP contribution >= 0.6 is 23.2 Å². The molecule has 0 amide bonds. The van der Waals surface area contributed by atoms with Crippen molar-refractivity contribution in [3.63, 3.8) is 0 Å². The maximum Gasteiger partial charge on any atom is 0.199 e. The van der Waals surface area contributed by atoms with Crippen LogP contribution in [0.3, 0.4) is 0 Å². The molecule has 5 heteroatoms. The predicted octanol–water partition coefficient (Wildman–Crippen LogP) is 2.78. The van der Waals surface area contributed by atoms with Crippen molar-refractivity contribution in [2.75, 3.05) is 24.5 Å². The molecule has 0 saturated heterocycles. The van der Waals surface area contributed by atoms with E-state index >= 15 is 0 Å². The van der Waals surface area contributed by atoms with Gasteiger partial charge in [0.2, 0.25) is 0 Å². The quantitative estimate of drug-likeness (QED) is 0.845. The van der Waals surface area contributed by atoms with Gasteiger partial charge in [-0.3, -0.25) is 9.89 Å². The summed E-state index contributed by atoms with van der Waals surface area (Å²) in [4.78, 5) is 6.36. The summed E-state index contributed by atoms with van der Waals surface area (Å²) in [7, 11) is 0. The van der Waals surface area contributed by atoms with Crippen LogP contribution in [0.2, 0.25) is 10.0 Å². The maximum atomic E-state index is 6.22. The number of halogens is 2. The molecule has 3 nitrogen and oxygen atoms in total. The average molecular weight is 282 g/mol. The fourth-order valence-corrected chi connectivity index (χ4v) is 2.21. The zero-order valence-corrected chi connectivity index (χ0v) is 11.5. The minimum absolute atomic E-state index is 0.545. The summed E-state index contributed by atoms with van der Waals surface area (Å²) < 4.78 is 0. The van der Waals surface area contributed by atoms with Crippen LogP contribution in [0.1, 0.15) is 6.92 Å². The lowest BCUT2D eigenvalue weighted by molar-refractivity contribution is 0.947. The van der Waals surface area contributed by atoms with Crippen LogP contribution in [-0.2, 0) is 0 Å². The number of anilines is 1. The zero-order chi connectivity index (χ0) is 13.0. The molecule has 18 heavy (non-hydrogen) atoms. The molecule has 0 radical (unpaired) electrons. The SMILES string of the molecule is CC#CCN(C1=NCCN1)c1ccc(Cl)cc1Cl. The topological polar surface area (TPSA) is 27.6 Å². The first-order chi connectivity index (χ1) is 8.72. The van der Waals surface area contributed by atoms with Crippen LogP contribution in [0.25, 0.3) is 0 Å². The Morgan fingerprint density at radius 3 is 2.89 bits per heavy atom. The number of benzene rings is 1. The first kappa shape index (κ1) is 13.1. The first-order valence-electron chi connectivity index (χ1n) is 5.63. The third-order valence-electron chi connectivity index (χ3n) is 2.53. The maximum absolute atomic E-state index is 6.22. The van der Waals surface area contributed by atoms with Gasteiger partial charge in [0.1, 0.15) is 0 Å². The van der Waals surface area contributed by atoms with Crippen molar-refractivity contribution in [2.24, 2.45) is 4.99 Å². The number of nitrogens with zero attached hydrogens (tertiary/aromatic N) is 2. The van der Waals surface area contributed by atoms with Crippen molar-refractivity contribution in [2.45, 2.75) is 6.92 Å². The molecule has 1 heterocycles. The molecule has 0 bridgehead atoms. The zero-order valence-electron chi connectivity index (χ0n) is 10.0. The molecular weight excluding hydrogens is 269 g/mol. The van der Waals surface area contributed by atoms with E-state index in [-0.39, 0.29) is 0 Å². The molecular formula is C13H13Cl2N3. The van der Waals surface area contributed by atoms with Crippen LogP contribution in [0.4, 0.5) is 5.69 Å². The molecule has 0 spiro atoms. The number of hydrogen-bond donors (Lipinski definition) is 1. The molecule has 0 unspecified atom stereocenters. The molecule has 1 aliphatic heterocycles. The molecule has 1 N–H and O–H groups in total. The Bertz CT molecular complexity index is 529. The van der Waals surface area contributed by atoms with Gasteiger partial charge >= 0.3 is 0 Å². The molecule has 0 saturated carbocycles. The standard InChI is InChI=1S/C13H13Cl2N3/c1-2-3-8-18(13-16-6-7-17-13)12-5-4-10(14)9-11(12)15/h4-5,9H,6-8H2,1H3,(H,16,17). The molecule has 94 valence electrons. The summed E-state index contributed by atoms with van der Waals surface area (Å²) in [6.45, 7) is 3.97. The van der Waals surface area contributed by atoms with Gasteiger partial charge in [0.15, 0.2) is 5.96 Å². The Hall–Kier alpha value is -1.37. The summed E-state index contributed by atoms with van der Waals surface area (Å²) in [5, 5.41) is 4.43. The van der Waals surface area contributed by atoms with Gasteiger partial charge in [0.05, 0.1) is 23.8 Å². The van der Waals surface area contributed by atoms with Crippen molar-refractivity contribution in [1.29, 1.82) is 0 Å². The van der Waals surface area contributed by atoms with Crippen LogP contribution in [0, 0.1) is 11.8 Å². The number of aliphatic imine (C=N–C) groups is 1. The second kappa shape index (κ2) is 5.99. The lowest BCUT2D eigenvalue weighted by atomic mass is 10.3. The summed E-state index contributed by atoms with van der Waals surface area (Å²) in [5.41, 5.74) is 0.858. The fraction of sp³-hybridized carbons (Fsp3) is 0.308. The molecule has 0 aromatic heterocycles. The van der Waals surface area contributed by atoms with E-state index in [0.29, 0.717) is 16.6 Å². The van der Waals surface area contributed by atoms with E-state index in [2.05, 4.69) is 22.2 Å². The number of guanidine groups is 1. The third kappa shape index (κ3) is 2.90. The first-order valence-corrected chi connectivity index (χ1v) is 6.38. The Kier molecular flexibility index (Phi) is 4.35. The van der Waals surface area contributed by atoms with Crippen LogP contribution in [0.5, 0.6) is 0 Å². The van der Waals surface area contributed by atoms with E-state index in [1.165, 1.54) is 0 Å². The van der Waals surface area contributed by atoms with Crippen LogP contribution in [0.15, 0.2) is 23.2 Å². The largest absolute Gasteiger partial charge is 0.354 e. The smallest absolute Gasteiger partial charge is 0.199 e. The minimum atomic E-state index is 0.545. The molecule has 0 atom stereocenters. The van der Waals surface area contributed by atoms with E-state index in [4.69, 9.17) is 23.2 Å². The van der Waals surface area contributed by atoms with E-state index in [1.807, 2.05) is 24.0 Å². The monoisotopic (exact) mass is 281 g/mol. The second-order valence-electron chi connectivity index (χ2n) is 3.74. The molecule has 0 fully saturated rings. The summed E-state index contributed by atoms with van der Waals surface area (Å²) in [6.07, 6.45) is 0. The lowest BCUT2D eigenvalue weighted by Gasteiger charge is -2.23. The fourth-order valence-electron chi connectivity index (χ4n) is 1.70. The van der Waals surface area contributed by atoms with Gasteiger partial charge in [-0.25, -0.2) is 0 Å². The van der Waals surface area contributed by atoms with Crippen molar-refractivity contribution >= 4 is 34.8 Å². The van der Waals surface area contributed by atoms with Gasteiger partial charge in [-0.15, -0.1) is 5.92 Å². The molecule has 2 rings (SSSR count). The molecule has 1 aliphatic rings. The highest BCUT2D eigenvalue weighted by Gasteiger charge is 2.18. The number of hydrogen-bond acceptors (Lipinski definition) is 3. The predicted molar refractivity (Wildman–Crippen MR) is 77.6 cm³/mol. The van der Waals surface area contributed by atoms with Crippen LogP contribution in [-0.4, -0.2) is 25.6 Å². The second-order valence-corrected chi connectivity index (χ2v) is 4.58. The highest BCUT2D eigenvalue weighted by Crippen LogP contribution is 2.29. The van der Waals surface area contributed by atoms with E-state index in [0.717, 1.165) is 24.7 Å². The average Bonchev–Trinajstić information content (AvgIpc) is 2.85. The number of rotatable bonds is 2. The van der Waals surface area contributed by atoms with E-state index in [9.17, 15) is 0 Å². The molecule has 1 aromatic carbocycles. The van der Waals surface area contributed by atoms with Gasteiger partial charge < -0.3 is 5.32 Å². The minimum Gasteiger partial charge on any atom is -0.354 e. The third-order valence-corrected chi connectivity index (χ3v) is 3.06. The van der Waals surface area contributed by atoms with Crippen molar-refractivity contribution in [3.8, 4) is 11.8 Å². The summed E-state index contributed by atoms with van der Waals surface area (Å²) in [6, 6.07) is 5.41. The van der Waals surface area contributed by atoms with Crippen molar-refractivity contribution < 1.29 is 0 Å².